The molecule has 0 bridgehead atoms. The van der Waals surface area contributed by atoms with Gasteiger partial charge in [0.25, 0.3) is 5.91 Å². The Hall–Kier alpha value is -1.79. The minimum Gasteiger partial charge on any atom is -0.489 e. The number of likely N-dealkylation sites (tertiary alicyclic amines) is 1. The average Bonchev–Trinajstić information content (AvgIpc) is 3.50. The molecule has 2 fully saturated rings. The van der Waals surface area contributed by atoms with Gasteiger partial charge in [-0.25, -0.2) is 0 Å². The Balaban J connectivity index is 1.48. The van der Waals surface area contributed by atoms with Crippen LogP contribution < -0.4 is 10.1 Å². The number of benzene rings is 1. The first-order chi connectivity index (χ1) is 14.8. The normalized spacial score (nSPS) is 20.6. The summed E-state index contributed by atoms with van der Waals surface area (Å²) in [5, 5.41) is 3.32. The Labute approximate surface area is 191 Å². The molecule has 1 heterocycles. The fourth-order valence-corrected chi connectivity index (χ4v) is 4.78. The van der Waals surface area contributed by atoms with Gasteiger partial charge in [-0.2, -0.15) is 0 Å². The van der Waals surface area contributed by atoms with Crippen LogP contribution in [0.15, 0.2) is 18.2 Å². The van der Waals surface area contributed by atoms with Crippen LogP contribution >= 0.6 is 11.6 Å². The SMILES string of the molecule is CCC1(CC)CC1C(=O)N1CCC(Oc2ccc(C(=O)NCCN(C)C)cc2Cl)CC1. The number of carbonyl (C=O) groups is 2. The van der Waals surface area contributed by atoms with Gasteiger partial charge in [-0.3, -0.25) is 9.59 Å². The van der Waals surface area contributed by atoms with Gasteiger partial charge in [0, 0.05) is 50.5 Å². The van der Waals surface area contributed by atoms with E-state index in [2.05, 4.69) is 19.2 Å². The quantitative estimate of drug-likeness (QED) is 0.622. The third-order valence-corrected chi connectivity index (χ3v) is 7.28. The molecular formula is C24H36ClN3O3. The van der Waals surface area contributed by atoms with Crippen molar-refractivity contribution in [3.05, 3.63) is 28.8 Å². The molecule has 1 aromatic carbocycles. The molecule has 1 aromatic rings. The molecule has 1 unspecified atom stereocenters. The molecule has 1 saturated carbocycles. The van der Waals surface area contributed by atoms with E-state index in [1.807, 2.05) is 23.9 Å². The Kier molecular flexibility index (Phi) is 7.87. The van der Waals surface area contributed by atoms with Crippen LogP contribution in [0, 0.1) is 11.3 Å². The van der Waals surface area contributed by atoms with E-state index in [0.717, 1.165) is 51.7 Å². The topological polar surface area (TPSA) is 61.9 Å². The third kappa shape index (κ3) is 5.72. The van der Waals surface area contributed by atoms with Gasteiger partial charge in [-0.1, -0.05) is 25.4 Å². The largest absolute Gasteiger partial charge is 0.489 e. The lowest BCUT2D eigenvalue weighted by molar-refractivity contribution is -0.135. The second kappa shape index (κ2) is 10.2. The Morgan fingerprint density at radius 2 is 1.90 bits per heavy atom. The van der Waals surface area contributed by atoms with E-state index in [9.17, 15) is 9.59 Å². The minimum atomic E-state index is -0.141. The summed E-state index contributed by atoms with van der Waals surface area (Å²) < 4.78 is 6.11. The molecule has 0 aromatic heterocycles. The highest BCUT2D eigenvalue weighted by atomic mass is 35.5. The van der Waals surface area contributed by atoms with Crippen molar-refractivity contribution in [3.8, 4) is 5.75 Å². The van der Waals surface area contributed by atoms with Crippen molar-refractivity contribution in [1.29, 1.82) is 0 Å². The van der Waals surface area contributed by atoms with Gasteiger partial charge >= 0.3 is 0 Å². The summed E-state index contributed by atoms with van der Waals surface area (Å²) in [5.74, 6) is 0.988. The maximum atomic E-state index is 12.8. The molecule has 0 spiro atoms. The number of ether oxygens (including phenoxy) is 1. The Bertz CT molecular complexity index is 786. The van der Waals surface area contributed by atoms with Gasteiger partial charge in [0.2, 0.25) is 5.91 Å². The van der Waals surface area contributed by atoms with E-state index in [4.69, 9.17) is 16.3 Å². The number of hydrogen-bond donors (Lipinski definition) is 1. The molecular weight excluding hydrogens is 414 g/mol. The molecule has 2 aliphatic rings. The zero-order valence-corrected chi connectivity index (χ0v) is 20.0. The summed E-state index contributed by atoms with van der Waals surface area (Å²) in [4.78, 5) is 29.1. The van der Waals surface area contributed by atoms with Crippen LogP contribution in [0.4, 0.5) is 0 Å². The number of piperidine rings is 1. The zero-order chi connectivity index (χ0) is 22.6. The summed E-state index contributed by atoms with van der Waals surface area (Å²) in [7, 11) is 3.93. The molecule has 1 atom stereocenters. The first kappa shape index (κ1) is 23.9. The fourth-order valence-electron chi connectivity index (χ4n) is 4.56. The van der Waals surface area contributed by atoms with E-state index < -0.39 is 0 Å². The van der Waals surface area contributed by atoms with E-state index in [-0.39, 0.29) is 23.3 Å². The maximum absolute atomic E-state index is 12.8. The summed E-state index contributed by atoms with van der Waals surface area (Å²) in [5.41, 5.74) is 0.773. The number of carbonyl (C=O) groups excluding carboxylic acids is 2. The number of nitrogens with zero attached hydrogens (tertiary/aromatic N) is 2. The maximum Gasteiger partial charge on any atom is 0.251 e. The lowest BCUT2D eigenvalue weighted by Gasteiger charge is -2.33. The summed E-state index contributed by atoms with van der Waals surface area (Å²) in [6.45, 7) is 7.21. The molecule has 7 heteroatoms. The minimum absolute atomic E-state index is 0.0302. The zero-order valence-electron chi connectivity index (χ0n) is 19.2. The Morgan fingerprint density at radius 1 is 1.23 bits per heavy atom. The van der Waals surface area contributed by atoms with Crippen molar-refractivity contribution >= 4 is 23.4 Å². The van der Waals surface area contributed by atoms with E-state index in [1.165, 1.54) is 0 Å². The van der Waals surface area contributed by atoms with Crippen molar-refractivity contribution in [3.63, 3.8) is 0 Å². The highest BCUT2D eigenvalue weighted by Crippen LogP contribution is 2.58. The van der Waals surface area contributed by atoms with E-state index >= 15 is 0 Å². The van der Waals surface area contributed by atoms with Gasteiger partial charge in [-0.15, -0.1) is 0 Å². The van der Waals surface area contributed by atoms with Crippen LogP contribution in [0.5, 0.6) is 5.75 Å². The molecule has 1 aliphatic heterocycles. The second-order valence-corrected chi connectivity index (χ2v) is 9.58. The predicted octanol–water partition coefficient (Wildman–Crippen LogP) is 3.83. The highest BCUT2D eigenvalue weighted by Gasteiger charge is 2.56. The van der Waals surface area contributed by atoms with Crippen molar-refractivity contribution < 1.29 is 14.3 Å². The van der Waals surface area contributed by atoms with E-state index in [1.54, 1.807) is 18.2 Å². The summed E-state index contributed by atoms with van der Waals surface area (Å²) in [6.07, 6.45) is 4.84. The summed E-state index contributed by atoms with van der Waals surface area (Å²) in [6, 6.07) is 5.16. The number of halogens is 1. The smallest absolute Gasteiger partial charge is 0.251 e. The number of rotatable bonds is 9. The lowest BCUT2D eigenvalue weighted by atomic mass is 9.96. The fraction of sp³-hybridized carbons (Fsp3) is 0.667. The van der Waals surface area contributed by atoms with Gasteiger partial charge in [-0.05, 0) is 57.0 Å². The number of hydrogen-bond acceptors (Lipinski definition) is 4. The van der Waals surface area contributed by atoms with Crippen LogP contribution in [0.2, 0.25) is 5.02 Å². The van der Waals surface area contributed by atoms with Crippen LogP contribution in [0.1, 0.15) is 56.3 Å². The lowest BCUT2D eigenvalue weighted by Crippen LogP contribution is -2.43. The average molecular weight is 450 g/mol. The number of nitrogens with one attached hydrogen (secondary N) is 1. The first-order valence-corrected chi connectivity index (χ1v) is 11.9. The van der Waals surface area contributed by atoms with Crippen molar-refractivity contribution in [2.45, 2.75) is 52.1 Å². The molecule has 1 aliphatic carbocycles. The van der Waals surface area contributed by atoms with E-state index in [0.29, 0.717) is 28.8 Å². The monoisotopic (exact) mass is 449 g/mol. The van der Waals surface area contributed by atoms with Gasteiger partial charge in [0.15, 0.2) is 0 Å². The Morgan fingerprint density at radius 3 is 2.45 bits per heavy atom. The van der Waals surface area contributed by atoms with Crippen molar-refractivity contribution in [2.75, 3.05) is 40.3 Å². The molecule has 6 nitrogen and oxygen atoms in total. The number of amides is 2. The second-order valence-electron chi connectivity index (χ2n) is 9.17. The van der Waals surface area contributed by atoms with Gasteiger partial charge in [0.05, 0.1) is 5.02 Å². The molecule has 2 amide bonds. The summed E-state index contributed by atoms with van der Waals surface area (Å²) >= 11 is 6.39. The standard InChI is InChI=1S/C24H36ClN3O3/c1-5-24(6-2)16-19(24)23(30)28-12-9-18(10-13-28)31-21-8-7-17(15-20(21)25)22(29)26-11-14-27(3)4/h7-8,15,18-19H,5-6,9-14,16H2,1-4H3,(H,26,29). The van der Waals surface area contributed by atoms with Gasteiger partial charge < -0.3 is 19.9 Å². The number of likely N-dealkylation sites (N-methyl/N-ethyl adjacent to an activating group) is 1. The van der Waals surface area contributed by atoms with Crippen LogP contribution in [0.25, 0.3) is 0 Å². The van der Waals surface area contributed by atoms with Crippen molar-refractivity contribution in [2.24, 2.45) is 11.3 Å². The van der Waals surface area contributed by atoms with Crippen LogP contribution in [-0.4, -0.2) is 68.0 Å². The van der Waals surface area contributed by atoms with Crippen LogP contribution in [0.3, 0.4) is 0 Å². The molecule has 172 valence electrons. The first-order valence-electron chi connectivity index (χ1n) is 11.5. The van der Waals surface area contributed by atoms with Gasteiger partial charge in [0.1, 0.15) is 11.9 Å². The molecule has 1 saturated heterocycles. The third-order valence-electron chi connectivity index (χ3n) is 6.98. The molecule has 31 heavy (non-hydrogen) atoms. The predicted molar refractivity (Wildman–Crippen MR) is 124 cm³/mol. The molecule has 0 radical (unpaired) electrons. The molecule has 3 rings (SSSR count). The van der Waals surface area contributed by atoms with Crippen molar-refractivity contribution in [1.82, 2.24) is 15.1 Å². The highest BCUT2D eigenvalue weighted by molar-refractivity contribution is 6.32. The molecule has 1 N–H and O–H groups in total. The van der Waals surface area contributed by atoms with Crippen LogP contribution in [-0.2, 0) is 4.79 Å².